The number of nitrogens with two attached hydrogens (primary N) is 1. The molecular weight excluding hydrogens is 310 g/mol. The van der Waals surface area contributed by atoms with Gasteiger partial charge < -0.3 is 4.90 Å². The first-order chi connectivity index (χ1) is 10.2. The van der Waals surface area contributed by atoms with E-state index in [-0.39, 0.29) is 16.3 Å². The van der Waals surface area contributed by atoms with Crippen LogP contribution >= 0.6 is 0 Å². The van der Waals surface area contributed by atoms with Crippen LogP contribution in [0.3, 0.4) is 0 Å². The van der Waals surface area contributed by atoms with Gasteiger partial charge in [-0.2, -0.15) is 5.10 Å². The van der Waals surface area contributed by atoms with Crippen LogP contribution in [-0.2, 0) is 23.6 Å². The Bertz CT molecular complexity index is 815. The maximum atomic E-state index is 11.7. The summed E-state index contributed by atoms with van der Waals surface area (Å²) in [7, 11) is -0.650. The fourth-order valence-corrected chi connectivity index (χ4v) is 2.87. The Morgan fingerprint density at radius 3 is 2.64 bits per heavy atom. The normalized spacial score (nSPS) is 11.4. The van der Waals surface area contributed by atoms with Crippen molar-refractivity contribution >= 4 is 21.4 Å². The van der Waals surface area contributed by atoms with E-state index < -0.39 is 14.9 Å². The number of non-ortho nitro benzene ring substituents is 1. The highest BCUT2D eigenvalue weighted by atomic mass is 32.2. The molecule has 2 rings (SSSR count). The number of aryl methyl sites for hydroxylation is 1. The average molecular weight is 325 g/mol. The molecule has 0 aliphatic rings. The number of rotatable bonds is 5. The second-order valence-corrected chi connectivity index (χ2v) is 6.36. The standard InChI is InChI=1S/C12H15N5O4S/c1-15(7-9-6-14-16(2)8-9)11-4-3-10(17(18)19)5-12(11)22(13,20)21/h3-6,8H,7H2,1-2H3,(H2,13,20,21). The summed E-state index contributed by atoms with van der Waals surface area (Å²) in [5, 5.41) is 20.0. The lowest BCUT2D eigenvalue weighted by Gasteiger charge is -2.20. The Balaban J connectivity index is 2.43. The summed E-state index contributed by atoms with van der Waals surface area (Å²) in [5.41, 5.74) is 0.822. The number of nitro benzene ring substituents is 1. The zero-order valence-electron chi connectivity index (χ0n) is 12.0. The van der Waals surface area contributed by atoms with Gasteiger partial charge in [0.05, 0.1) is 16.8 Å². The molecule has 0 atom stereocenters. The van der Waals surface area contributed by atoms with Crippen LogP contribution in [-0.4, -0.2) is 30.2 Å². The van der Waals surface area contributed by atoms with Crippen molar-refractivity contribution in [1.82, 2.24) is 9.78 Å². The Morgan fingerprint density at radius 1 is 1.45 bits per heavy atom. The molecule has 1 aromatic heterocycles. The second-order valence-electron chi connectivity index (χ2n) is 4.83. The first-order valence-corrected chi connectivity index (χ1v) is 7.73. The molecule has 22 heavy (non-hydrogen) atoms. The number of primary sulfonamides is 1. The van der Waals surface area contributed by atoms with Gasteiger partial charge in [-0.1, -0.05) is 0 Å². The van der Waals surface area contributed by atoms with E-state index in [1.807, 2.05) is 0 Å². The largest absolute Gasteiger partial charge is 0.369 e. The van der Waals surface area contributed by atoms with Crippen molar-refractivity contribution in [2.75, 3.05) is 11.9 Å². The molecule has 0 fully saturated rings. The van der Waals surface area contributed by atoms with Crippen molar-refractivity contribution in [1.29, 1.82) is 0 Å². The smallest absolute Gasteiger partial charge is 0.270 e. The Hall–Kier alpha value is -2.46. The number of benzene rings is 1. The molecule has 1 aromatic carbocycles. The van der Waals surface area contributed by atoms with Gasteiger partial charge in [-0.3, -0.25) is 14.8 Å². The van der Waals surface area contributed by atoms with Gasteiger partial charge in [0.2, 0.25) is 10.0 Å². The molecule has 0 saturated carbocycles. The molecule has 0 radical (unpaired) electrons. The van der Waals surface area contributed by atoms with Gasteiger partial charge in [-0.25, -0.2) is 13.6 Å². The zero-order valence-corrected chi connectivity index (χ0v) is 12.8. The van der Waals surface area contributed by atoms with E-state index in [2.05, 4.69) is 5.10 Å². The van der Waals surface area contributed by atoms with Crippen molar-refractivity contribution in [3.8, 4) is 0 Å². The third-order valence-corrected chi connectivity index (χ3v) is 3.99. The first kappa shape index (κ1) is 15.9. The summed E-state index contributed by atoms with van der Waals surface area (Å²) in [6, 6.07) is 3.57. The molecule has 0 unspecified atom stereocenters. The molecular formula is C12H15N5O4S. The lowest BCUT2D eigenvalue weighted by molar-refractivity contribution is -0.385. The van der Waals surface area contributed by atoms with Crippen LogP contribution in [0.15, 0.2) is 35.5 Å². The number of sulfonamides is 1. The predicted octanol–water partition coefficient (Wildman–Crippen LogP) is 0.612. The number of hydrogen-bond donors (Lipinski definition) is 1. The van der Waals surface area contributed by atoms with Crippen molar-refractivity contribution in [2.24, 2.45) is 12.2 Å². The molecule has 118 valence electrons. The topological polar surface area (TPSA) is 124 Å². The number of nitro groups is 1. The minimum absolute atomic E-state index is 0.284. The van der Waals surface area contributed by atoms with E-state index in [9.17, 15) is 18.5 Å². The molecule has 0 spiro atoms. The van der Waals surface area contributed by atoms with Gasteiger partial charge >= 0.3 is 0 Å². The van der Waals surface area contributed by atoms with E-state index in [0.29, 0.717) is 6.54 Å². The van der Waals surface area contributed by atoms with Gasteiger partial charge in [0.15, 0.2) is 0 Å². The third-order valence-electron chi connectivity index (χ3n) is 3.05. The molecule has 0 saturated heterocycles. The van der Waals surface area contributed by atoms with Crippen LogP contribution in [0.1, 0.15) is 5.56 Å². The lowest BCUT2D eigenvalue weighted by atomic mass is 10.2. The summed E-state index contributed by atoms with van der Waals surface area (Å²) < 4.78 is 25.0. The molecule has 0 bridgehead atoms. The number of aromatic nitrogens is 2. The molecule has 1 heterocycles. The Labute approximate surface area is 127 Å². The van der Waals surface area contributed by atoms with Crippen molar-refractivity contribution in [2.45, 2.75) is 11.4 Å². The first-order valence-electron chi connectivity index (χ1n) is 6.18. The molecule has 2 aromatic rings. The second kappa shape index (κ2) is 5.73. The fourth-order valence-electron chi connectivity index (χ4n) is 2.07. The van der Waals surface area contributed by atoms with Gasteiger partial charge in [0.1, 0.15) is 4.90 Å². The molecule has 0 aliphatic heterocycles. The average Bonchev–Trinajstić information content (AvgIpc) is 2.82. The fraction of sp³-hybridized carbons (Fsp3) is 0.250. The van der Waals surface area contributed by atoms with Crippen molar-refractivity contribution in [3.05, 3.63) is 46.3 Å². The van der Waals surface area contributed by atoms with Gasteiger partial charge in [0.25, 0.3) is 5.69 Å². The minimum atomic E-state index is -4.09. The van der Waals surface area contributed by atoms with E-state index >= 15 is 0 Å². The molecule has 10 heteroatoms. The Morgan fingerprint density at radius 2 is 2.14 bits per heavy atom. The highest BCUT2D eigenvalue weighted by molar-refractivity contribution is 7.89. The third kappa shape index (κ3) is 3.40. The predicted molar refractivity (Wildman–Crippen MR) is 79.8 cm³/mol. The highest BCUT2D eigenvalue weighted by Crippen LogP contribution is 2.28. The quantitative estimate of drug-likeness (QED) is 0.634. The van der Waals surface area contributed by atoms with Gasteiger partial charge in [-0.15, -0.1) is 0 Å². The van der Waals surface area contributed by atoms with Crippen LogP contribution in [0, 0.1) is 10.1 Å². The summed E-state index contributed by atoms with van der Waals surface area (Å²) in [4.78, 5) is 11.5. The molecule has 0 aliphatic carbocycles. The van der Waals surface area contributed by atoms with Gasteiger partial charge in [0, 0.05) is 44.5 Å². The highest BCUT2D eigenvalue weighted by Gasteiger charge is 2.21. The number of hydrogen-bond acceptors (Lipinski definition) is 6. The van der Waals surface area contributed by atoms with Crippen LogP contribution in [0.25, 0.3) is 0 Å². The lowest BCUT2D eigenvalue weighted by Crippen LogP contribution is -2.22. The summed E-state index contributed by atoms with van der Waals surface area (Å²) in [6.07, 6.45) is 3.44. The number of anilines is 1. The van der Waals surface area contributed by atoms with Crippen LogP contribution < -0.4 is 10.0 Å². The Kier molecular flexibility index (Phi) is 4.15. The minimum Gasteiger partial charge on any atom is -0.369 e. The molecule has 0 amide bonds. The van der Waals surface area contributed by atoms with Gasteiger partial charge in [-0.05, 0) is 6.07 Å². The summed E-state index contributed by atoms with van der Waals surface area (Å²) in [6.45, 7) is 0.383. The van der Waals surface area contributed by atoms with Crippen LogP contribution in [0.2, 0.25) is 0 Å². The monoisotopic (exact) mass is 325 g/mol. The summed E-state index contributed by atoms with van der Waals surface area (Å²) >= 11 is 0. The summed E-state index contributed by atoms with van der Waals surface area (Å²) in [5.74, 6) is 0. The van der Waals surface area contributed by atoms with Crippen LogP contribution in [0.5, 0.6) is 0 Å². The van der Waals surface area contributed by atoms with Crippen molar-refractivity contribution in [3.63, 3.8) is 0 Å². The van der Waals surface area contributed by atoms with Crippen molar-refractivity contribution < 1.29 is 13.3 Å². The molecule has 2 N–H and O–H groups in total. The van der Waals surface area contributed by atoms with Crippen LogP contribution in [0.4, 0.5) is 11.4 Å². The number of nitrogens with zero attached hydrogens (tertiary/aromatic N) is 4. The van der Waals surface area contributed by atoms with E-state index in [1.165, 1.54) is 12.1 Å². The molecule has 9 nitrogen and oxygen atoms in total. The van der Waals surface area contributed by atoms with E-state index in [0.717, 1.165) is 11.6 Å². The van der Waals surface area contributed by atoms with E-state index in [4.69, 9.17) is 5.14 Å². The van der Waals surface area contributed by atoms with E-state index in [1.54, 1.807) is 36.1 Å². The maximum absolute atomic E-state index is 11.7. The zero-order chi connectivity index (χ0) is 16.5. The SMILES string of the molecule is CN(Cc1cnn(C)c1)c1ccc([N+](=O)[O-])cc1S(N)(=O)=O. The maximum Gasteiger partial charge on any atom is 0.270 e.